The molecule has 1 aromatic heterocycles. The lowest BCUT2D eigenvalue weighted by Gasteiger charge is -2.62. The Balaban J connectivity index is 1.34. The number of piperidine rings is 1. The molecule has 0 unspecified atom stereocenters. The molecule has 7 atom stereocenters. The maximum atomic E-state index is 12.3. The van der Waals surface area contributed by atoms with Gasteiger partial charge in [0.2, 0.25) is 5.91 Å². The molecule has 2 heterocycles. The highest BCUT2D eigenvalue weighted by Gasteiger charge is 2.60. The second-order valence-electron chi connectivity index (χ2n) is 10.9. The smallest absolute Gasteiger partial charge is 0.222 e. The SMILES string of the molecule is CN1C(=O)CC[C@]2(C)[C@H]3CC[C@]4(C)[C@@H](CCc5cccs5)CC[C@H]4[C@@H]3CC[C@@H]12. The van der Waals surface area contributed by atoms with Crippen LogP contribution in [0.5, 0.6) is 0 Å². The van der Waals surface area contributed by atoms with Crippen LogP contribution in [0.2, 0.25) is 0 Å². The number of amides is 1. The molecule has 1 aliphatic heterocycles. The number of nitrogens with zero attached hydrogens (tertiary/aromatic N) is 1. The van der Waals surface area contributed by atoms with Gasteiger partial charge in [-0.2, -0.15) is 0 Å². The minimum atomic E-state index is 0.363. The third-order valence-electron chi connectivity index (χ3n) is 10.1. The van der Waals surface area contributed by atoms with E-state index in [0.29, 0.717) is 22.8 Å². The van der Waals surface area contributed by atoms with Gasteiger partial charge in [0.25, 0.3) is 0 Å². The van der Waals surface area contributed by atoms with Crippen molar-refractivity contribution in [1.29, 1.82) is 0 Å². The molecule has 0 spiro atoms. The van der Waals surface area contributed by atoms with Gasteiger partial charge in [0.05, 0.1) is 0 Å². The van der Waals surface area contributed by atoms with Crippen molar-refractivity contribution >= 4 is 17.2 Å². The molecule has 3 heteroatoms. The van der Waals surface area contributed by atoms with Gasteiger partial charge in [0, 0.05) is 24.4 Å². The maximum Gasteiger partial charge on any atom is 0.222 e. The van der Waals surface area contributed by atoms with E-state index < -0.39 is 0 Å². The predicted molar refractivity (Wildman–Crippen MR) is 116 cm³/mol. The van der Waals surface area contributed by atoms with E-state index in [1.165, 1.54) is 51.4 Å². The molecule has 3 saturated carbocycles. The topological polar surface area (TPSA) is 20.3 Å². The van der Waals surface area contributed by atoms with Gasteiger partial charge in [0.15, 0.2) is 0 Å². The summed E-state index contributed by atoms with van der Waals surface area (Å²) in [7, 11) is 2.08. The molecule has 3 aliphatic carbocycles. The molecule has 2 nitrogen and oxygen atoms in total. The van der Waals surface area contributed by atoms with Crippen LogP contribution in [0.1, 0.15) is 76.5 Å². The molecule has 0 radical (unpaired) electrons. The number of hydrogen-bond acceptors (Lipinski definition) is 2. The summed E-state index contributed by atoms with van der Waals surface area (Å²) in [4.78, 5) is 16.0. The van der Waals surface area contributed by atoms with Gasteiger partial charge in [-0.15, -0.1) is 11.3 Å². The minimum Gasteiger partial charge on any atom is -0.342 e. The van der Waals surface area contributed by atoms with Crippen molar-refractivity contribution in [2.75, 3.05) is 7.05 Å². The summed E-state index contributed by atoms with van der Waals surface area (Å²) in [6.45, 7) is 5.20. The van der Waals surface area contributed by atoms with Crippen molar-refractivity contribution in [2.24, 2.45) is 34.5 Å². The fourth-order valence-corrected chi connectivity index (χ4v) is 9.23. The van der Waals surface area contributed by atoms with Gasteiger partial charge < -0.3 is 4.90 Å². The molecule has 0 aromatic carbocycles. The molecular formula is C25H37NOS. The quantitative estimate of drug-likeness (QED) is 0.596. The van der Waals surface area contributed by atoms with Crippen LogP contribution >= 0.6 is 11.3 Å². The van der Waals surface area contributed by atoms with E-state index in [0.717, 1.165) is 36.5 Å². The molecule has 1 saturated heterocycles. The van der Waals surface area contributed by atoms with E-state index in [1.54, 1.807) is 4.88 Å². The second-order valence-corrected chi connectivity index (χ2v) is 11.9. The van der Waals surface area contributed by atoms with Gasteiger partial charge in [-0.25, -0.2) is 0 Å². The number of aryl methyl sites for hydroxylation is 1. The van der Waals surface area contributed by atoms with Crippen molar-refractivity contribution in [1.82, 2.24) is 4.90 Å². The lowest BCUT2D eigenvalue weighted by molar-refractivity contribution is -0.158. The fraction of sp³-hybridized carbons (Fsp3) is 0.800. The van der Waals surface area contributed by atoms with E-state index in [4.69, 9.17) is 0 Å². The number of likely N-dealkylation sites (tertiary alicyclic amines) is 1. The summed E-state index contributed by atoms with van der Waals surface area (Å²) in [6, 6.07) is 5.02. The Kier molecular flexibility index (Phi) is 4.69. The summed E-state index contributed by atoms with van der Waals surface area (Å²) in [5, 5.41) is 2.23. The van der Waals surface area contributed by atoms with E-state index in [1.807, 2.05) is 11.3 Å². The van der Waals surface area contributed by atoms with Crippen LogP contribution in [0.15, 0.2) is 17.5 Å². The molecule has 0 bridgehead atoms. The van der Waals surface area contributed by atoms with Gasteiger partial charge in [-0.3, -0.25) is 4.79 Å². The van der Waals surface area contributed by atoms with E-state index in [2.05, 4.69) is 43.3 Å². The first-order chi connectivity index (χ1) is 13.4. The normalized spacial score (nSPS) is 45.5. The standard InChI is InChI=1S/C25H37NOS/c1-24-14-12-21-19(9-11-22-25(21,2)15-13-23(27)26(22)3)20(24)10-7-17(24)6-8-18-5-4-16-28-18/h4-5,16-17,19-22H,6-15H2,1-3H3/t17-,19-,20-,21-,22+,24+,25+/m0/s1. The van der Waals surface area contributed by atoms with Gasteiger partial charge in [0.1, 0.15) is 0 Å². The summed E-state index contributed by atoms with van der Waals surface area (Å²) in [6.07, 6.45) is 12.9. The van der Waals surface area contributed by atoms with Crippen molar-refractivity contribution in [2.45, 2.75) is 84.1 Å². The molecule has 4 fully saturated rings. The monoisotopic (exact) mass is 399 g/mol. The average molecular weight is 400 g/mol. The van der Waals surface area contributed by atoms with Crippen molar-refractivity contribution in [3.8, 4) is 0 Å². The third kappa shape index (κ3) is 2.75. The van der Waals surface area contributed by atoms with Gasteiger partial charge in [-0.05, 0) is 104 Å². The molecule has 154 valence electrons. The lowest BCUT2D eigenvalue weighted by atomic mass is 9.46. The van der Waals surface area contributed by atoms with Crippen molar-refractivity contribution in [3.63, 3.8) is 0 Å². The Labute approximate surface area is 175 Å². The van der Waals surface area contributed by atoms with E-state index in [9.17, 15) is 4.79 Å². The maximum absolute atomic E-state index is 12.3. The van der Waals surface area contributed by atoms with Gasteiger partial charge in [-0.1, -0.05) is 19.9 Å². The molecule has 1 aromatic rings. The molecule has 28 heavy (non-hydrogen) atoms. The highest BCUT2D eigenvalue weighted by molar-refractivity contribution is 7.09. The Morgan fingerprint density at radius 3 is 2.68 bits per heavy atom. The van der Waals surface area contributed by atoms with Crippen LogP contribution in [0.3, 0.4) is 0 Å². The number of thiophene rings is 1. The summed E-state index contributed by atoms with van der Waals surface area (Å²) in [5.41, 5.74) is 0.931. The largest absolute Gasteiger partial charge is 0.342 e. The lowest BCUT2D eigenvalue weighted by Crippen LogP contribution is -2.61. The second kappa shape index (κ2) is 6.86. The fourth-order valence-electron chi connectivity index (χ4n) is 8.50. The van der Waals surface area contributed by atoms with Crippen LogP contribution in [0.4, 0.5) is 0 Å². The molecule has 0 N–H and O–H groups in total. The zero-order valence-corrected chi connectivity index (χ0v) is 18.8. The first-order valence-electron chi connectivity index (χ1n) is 11.7. The van der Waals surface area contributed by atoms with Crippen LogP contribution < -0.4 is 0 Å². The van der Waals surface area contributed by atoms with Crippen LogP contribution in [0.25, 0.3) is 0 Å². The molecule has 4 aliphatic rings. The predicted octanol–water partition coefficient (Wildman–Crippen LogP) is 6.16. The Morgan fingerprint density at radius 1 is 1.07 bits per heavy atom. The summed E-state index contributed by atoms with van der Waals surface area (Å²) >= 11 is 1.93. The Bertz CT molecular complexity index is 729. The van der Waals surface area contributed by atoms with E-state index in [-0.39, 0.29) is 0 Å². The van der Waals surface area contributed by atoms with Crippen LogP contribution in [-0.4, -0.2) is 23.9 Å². The molecular weight excluding hydrogens is 362 g/mol. The van der Waals surface area contributed by atoms with Crippen LogP contribution in [-0.2, 0) is 11.2 Å². The van der Waals surface area contributed by atoms with E-state index >= 15 is 0 Å². The van der Waals surface area contributed by atoms with Crippen LogP contribution in [0, 0.1) is 34.5 Å². The zero-order valence-electron chi connectivity index (χ0n) is 18.0. The number of hydrogen-bond donors (Lipinski definition) is 0. The van der Waals surface area contributed by atoms with Crippen molar-refractivity contribution < 1.29 is 4.79 Å². The highest BCUT2D eigenvalue weighted by Crippen LogP contribution is 2.66. The van der Waals surface area contributed by atoms with Gasteiger partial charge >= 0.3 is 0 Å². The first kappa shape index (κ1) is 19.2. The highest BCUT2D eigenvalue weighted by atomic mass is 32.1. The number of fused-ring (bicyclic) bond motifs is 5. The number of carbonyl (C=O) groups excluding carboxylic acids is 1. The summed E-state index contributed by atoms with van der Waals surface area (Å²) in [5.74, 6) is 3.99. The Hall–Kier alpha value is -0.830. The number of rotatable bonds is 3. The summed E-state index contributed by atoms with van der Waals surface area (Å²) < 4.78 is 0. The van der Waals surface area contributed by atoms with Crippen molar-refractivity contribution in [3.05, 3.63) is 22.4 Å². The third-order valence-corrected chi connectivity index (χ3v) is 11.0. The Morgan fingerprint density at radius 2 is 1.89 bits per heavy atom. The number of carbonyl (C=O) groups is 1. The molecule has 1 amide bonds. The zero-order chi connectivity index (χ0) is 19.5. The average Bonchev–Trinajstić information content (AvgIpc) is 3.30. The first-order valence-corrected chi connectivity index (χ1v) is 12.6. The molecule has 5 rings (SSSR count). The minimum absolute atomic E-state index is 0.363.